The first kappa shape index (κ1) is 14.8. The average molecular weight is 320 g/mol. The Morgan fingerprint density at radius 2 is 2.12 bits per heavy atom. The molecule has 1 unspecified atom stereocenters. The highest BCUT2D eigenvalue weighted by Crippen LogP contribution is 2.28. The van der Waals surface area contributed by atoms with Gasteiger partial charge in [-0.2, -0.15) is 0 Å². The fourth-order valence-electron chi connectivity index (χ4n) is 2.01. The zero-order valence-corrected chi connectivity index (χ0v) is 12.9. The van der Waals surface area contributed by atoms with Crippen LogP contribution >= 0.6 is 27.5 Å². The monoisotopic (exact) mass is 318 g/mol. The number of nitrogens with one attached hydrogen (secondary N) is 1. The van der Waals surface area contributed by atoms with Crippen LogP contribution in [0.4, 0.5) is 5.69 Å². The summed E-state index contributed by atoms with van der Waals surface area (Å²) in [4.78, 5) is 0. The lowest BCUT2D eigenvalue weighted by atomic mass is 9.90. The van der Waals surface area contributed by atoms with Gasteiger partial charge < -0.3 is 11.1 Å². The third kappa shape index (κ3) is 4.49. The molecule has 0 aliphatic rings. The minimum absolute atomic E-state index is 0.0819. The third-order valence-corrected chi connectivity index (χ3v) is 3.89. The van der Waals surface area contributed by atoms with Gasteiger partial charge in [0.15, 0.2) is 0 Å². The largest absolute Gasteiger partial charge is 0.379 e. The number of hydrogen-bond donors (Lipinski definition) is 2. The molecule has 1 rings (SSSR count). The molecule has 2 nitrogen and oxygen atoms in total. The lowest BCUT2D eigenvalue weighted by molar-refractivity contribution is 0.407. The van der Waals surface area contributed by atoms with Crippen molar-refractivity contribution in [1.82, 2.24) is 0 Å². The molecule has 0 aromatic heterocycles. The molecule has 17 heavy (non-hydrogen) atoms. The van der Waals surface area contributed by atoms with Crippen LogP contribution in [0.15, 0.2) is 22.7 Å². The second-order valence-corrected chi connectivity index (χ2v) is 6.38. The Morgan fingerprint density at radius 3 is 2.59 bits per heavy atom. The Kier molecular flexibility index (Phi) is 5.29. The van der Waals surface area contributed by atoms with Crippen LogP contribution in [0.2, 0.25) is 5.02 Å². The molecule has 0 bridgehead atoms. The molecule has 0 aliphatic carbocycles. The average Bonchev–Trinajstić information content (AvgIpc) is 2.22. The molecule has 0 radical (unpaired) electrons. The molecule has 1 aromatic rings. The lowest BCUT2D eigenvalue weighted by Crippen LogP contribution is -2.43. The van der Waals surface area contributed by atoms with Crippen LogP contribution in [0, 0.1) is 5.92 Å². The first-order chi connectivity index (χ1) is 7.86. The van der Waals surface area contributed by atoms with Crippen molar-refractivity contribution in [1.29, 1.82) is 0 Å². The van der Waals surface area contributed by atoms with E-state index in [4.69, 9.17) is 17.3 Å². The molecule has 96 valence electrons. The summed E-state index contributed by atoms with van der Waals surface area (Å²) in [6.45, 7) is 7.15. The van der Waals surface area contributed by atoms with Crippen molar-refractivity contribution in [3.8, 4) is 0 Å². The SMILES string of the molecule is CC(C)CC(C)(CN)Nc1ccc(Cl)c(Br)c1. The minimum atomic E-state index is -0.0819. The number of anilines is 1. The van der Waals surface area contributed by atoms with Gasteiger partial charge in [-0.15, -0.1) is 0 Å². The number of benzene rings is 1. The van der Waals surface area contributed by atoms with E-state index in [0.717, 1.165) is 16.6 Å². The summed E-state index contributed by atoms with van der Waals surface area (Å²) in [7, 11) is 0. The predicted molar refractivity (Wildman–Crippen MR) is 79.7 cm³/mol. The highest BCUT2D eigenvalue weighted by Gasteiger charge is 2.23. The molecule has 0 spiro atoms. The van der Waals surface area contributed by atoms with E-state index in [1.54, 1.807) is 0 Å². The van der Waals surface area contributed by atoms with Crippen molar-refractivity contribution in [3.63, 3.8) is 0 Å². The molecule has 4 heteroatoms. The maximum absolute atomic E-state index is 5.97. The third-order valence-electron chi connectivity index (χ3n) is 2.68. The van der Waals surface area contributed by atoms with E-state index in [1.807, 2.05) is 18.2 Å². The van der Waals surface area contributed by atoms with Crippen molar-refractivity contribution >= 4 is 33.2 Å². The quantitative estimate of drug-likeness (QED) is 0.850. The van der Waals surface area contributed by atoms with Gasteiger partial charge in [-0.1, -0.05) is 25.4 Å². The fraction of sp³-hybridized carbons (Fsp3) is 0.538. The molecular weight excluding hydrogens is 300 g/mol. The van der Waals surface area contributed by atoms with Gasteiger partial charge in [0, 0.05) is 22.2 Å². The number of nitrogens with two attached hydrogens (primary N) is 1. The second kappa shape index (κ2) is 6.07. The molecule has 0 amide bonds. The topological polar surface area (TPSA) is 38.0 Å². The van der Waals surface area contributed by atoms with Gasteiger partial charge in [-0.3, -0.25) is 0 Å². The van der Waals surface area contributed by atoms with E-state index >= 15 is 0 Å². The van der Waals surface area contributed by atoms with Crippen molar-refractivity contribution in [2.75, 3.05) is 11.9 Å². The lowest BCUT2D eigenvalue weighted by Gasteiger charge is -2.32. The molecule has 0 fully saturated rings. The van der Waals surface area contributed by atoms with E-state index in [1.165, 1.54) is 0 Å². The van der Waals surface area contributed by atoms with Crippen molar-refractivity contribution in [3.05, 3.63) is 27.7 Å². The molecule has 0 aliphatic heterocycles. The van der Waals surface area contributed by atoms with Gasteiger partial charge in [0.2, 0.25) is 0 Å². The predicted octanol–water partition coefficient (Wildman–Crippen LogP) is 4.28. The van der Waals surface area contributed by atoms with Gasteiger partial charge in [-0.25, -0.2) is 0 Å². The van der Waals surface area contributed by atoms with Gasteiger partial charge in [-0.05, 0) is 53.4 Å². The Hall–Kier alpha value is -0.250. The highest BCUT2D eigenvalue weighted by molar-refractivity contribution is 9.10. The molecular formula is C13H20BrClN2. The van der Waals surface area contributed by atoms with Crippen LogP contribution in [-0.4, -0.2) is 12.1 Å². The zero-order valence-electron chi connectivity index (χ0n) is 10.6. The summed E-state index contributed by atoms with van der Waals surface area (Å²) >= 11 is 9.39. The van der Waals surface area contributed by atoms with E-state index in [2.05, 4.69) is 42.0 Å². The summed E-state index contributed by atoms with van der Waals surface area (Å²) < 4.78 is 0.896. The van der Waals surface area contributed by atoms with E-state index < -0.39 is 0 Å². The normalized spacial score (nSPS) is 14.8. The second-order valence-electron chi connectivity index (χ2n) is 5.12. The van der Waals surface area contributed by atoms with E-state index in [9.17, 15) is 0 Å². The molecule has 0 saturated heterocycles. The van der Waals surface area contributed by atoms with Crippen LogP contribution < -0.4 is 11.1 Å². The molecule has 0 saturated carbocycles. The van der Waals surface area contributed by atoms with Crippen molar-refractivity contribution in [2.45, 2.75) is 32.7 Å². The maximum atomic E-state index is 5.97. The Morgan fingerprint density at radius 1 is 1.47 bits per heavy atom. The molecule has 1 atom stereocenters. The minimum Gasteiger partial charge on any atom is -0.379 e. The summed E-state index contributed by atoms with van der Waals surface area (Å²) in [5.41, 5.74) is 6.83. The Balaban J connectivity index is 2.83. The van der Waals surface area contributed by atoms with E-state index in [0.29, 0.717) is 17.5 Å². The smallest absolute Gasteiger partial charge is 0.0549 e. The summed E-state index contributed by atoms with van der Waals surface area (Å²) in [5, 5.41) is 4.21. The molecule has 1 aromatic carbocycles. The van der Waals surface area contributed by atoms with Crippen LogP contribution in [0.1, 0.15) is 27.2 Å². The highest BCUT2D eigenvalue weighted by atomic mass is 79.9. The van der Waals surface area contributed by atoms with Crippen LogP contribution in [-0.2, 0) is 0 Å². The summed E-state index contributed by atoms with van der Waals surface area (Å²) in [6, 6.07) is 5.83. The van der Waals surface area contributed by atoms with E-state index in [-0.39, 0.29) is 5.54 Å². The van der Waals surface area contributed by atoms with Crippen molar-refractivity contribution in [2.24, 2.45) is 11.7 Å². The molecule has 0 heterocycles. The maximum Gasteiger partial charge on any atom is 0.0549 e. The van der Waals surface area contributed by atoms with Gasteiger partial charge in [0.1, 0.15) is 0 Å². The zero-order chi connectivity index (χ0) is 13.1. The van der Waals surface area contributed by atoms with Crippen molar-refractivity contribution < 1.29 is 0 Å². The van der Waals surface area contributed by atoms with Gasteiger partial charge >= 0.3 is 0 Å². The van der Waals surface area contributed by atoms with Crippen LogP contribution in [0.5, 0.6) is 0 Å². The van der Waals surface area contributed by atoms with Crippen LogP contribution in [0.25, 0.3) is 0 Å². The number of hydrogen-bond acceptors (Lipinski definition) is 2. The standard InChI is InChI=1S/C13H20BrClN2/c1-9(2)7-13(3,8-16)17-10-4-5-12(15)11(14)6-10/h4-6,9,17H,7-8,16H2,1-3H3. The Labute approximate surface area is 117 Å². The summed E-state index contributed by atoms with van der Waals surface area (Å²) in [5.74, 6) is 0.604. The van der Waals surface area contributed by atoms with Gasteiger partial charge in [0.05, 0.1) is 5.02 Å². The fourth-order valence-corrected chi connectivity index (χ4v) is 2.51. The first-order valence-electron chi connectivity index (χ1n) is 5.79. The summed E-state index contributed by atoms with van der Waals surface area (Å²) in [6.07, 6.45) is 1.03. The van der Waals surface area contributed by atoms with Crippen LogP contribution in [0.3, 0.4) is 0 Å². The molecule has 3 N–H and O–H groups in total. The van der Waals surface area contributed by atoms with Gasteiger partial charge in [0.25, 0.3) is 0 Å². The first-order valence-corrected chi connectivity index (χ1v) is 6.97. The number of halogens is 2. The number of rotatable bonds is 5. The Bertz CT molecular complexity index is 382.